The summed E-state index contributed by atoms with van der Waals surface area (Å²) in [5, 5.41) is 5.85. The summed E-state index contributed by atoms with van der Waals surface area (Å²) < 4.78 is 0. The highest BCUT2D eigenvalue weighted by Gasteiger charge is 2.53. The predicted molar refractivity (Wildman–Crippen MR) is 96.9 cm³/mol. The number of rotatable bonds is 5. The van der Waals surface area contributed by atoms with E-state index in [1.165, 1.54) is 30.6 Å². The van der Waals surface area contributed by atoms with Crippen LogP contribution in [-0.2, 0) is 6.54 Å². The van der Waals surface area contributed by atoms with Gasteiger partial charge in [-0.25, -0.2) is 0 Å². The molecule has 0 spiro atoms. The third-order valence-electron chi connectivity index (χ3n) is 5.78. The first-order chi connectivity index (χ1) is 11.3. The average molecular weight is 333 g/mol. The topological polar surface area (TPSA) is 30.9 Å². The SMILES string of the molecule is CN=C(NCC1(C2CC2)CC1)N1CCN(Cc2cccs2)CC1. The molecule has 3 fully saturated rings. The minimum Gasteiger partial charge on any atom is -0.356 e. The molecule has 4 nitrogen and oxygen atoms in total. The van der Waals surface area contributed by atoms with Crippen LogP contribution in [0.25, 0.3) is 0 Å². The van der Waals surface area contributed by atoms with E-state index in [-0.39, 0.29) is 0 Å². The van der Waals surface area contributed by atoms with Crippen LogP contribution >= 0.6 is 11.3 Å². The van der Waals surface area contributed by atoms with E-state index < -0.39 is 0 Å². The minimum atomic E-state index is 0.636. The third-order valence-corrected chi connectivity index (χ3v) is 6.64. The monoisotopic (exact) mass is 332 g/mol. The minimum absolute atomic E-state index is 0.636. The van der Waals surface area contributed by atoms with Crippen molar-refractivity contribution in [1.29, 1.82) is 0 Å². The molecule has 3 aliphatic rings. The Labute approximate surface area is 143 Å². The van der Waals surface area contributed by atoms with Crippen molar-refractivity contribution in [3.8, 4) is 0 Å². The molecule has 4 rings (SSSR count). The maximum atomic E-state index is 4.54. The zero-order valence-corrected chi connectivity index (χ0v) is 14.9. The lowest BCUT2D eigenvalue weighted by atomic mass is 10.0. The first-order valence-electron chi connectivity index (χ1n) is 8.99. The molecular formula is C18H28N4S. The number of hydrogen-bond donors (Lipinski definition) is 1. The second-order valence-corrected chi connectivity index (χ2v) is 8.41. The lowest BCUT2D eigenvalue weighted by Gasteiger charge is -2.36. The van der Waals surface area contributed by atoms with Crippen molar-refractivity contribution in [3.63, 3.8) is 0 Å². The average Bonchev–Trinajstić information content (AvgIpc) is 3.49. The molecule has 0 radical (unpaired) electrons. The summed E-state index contributed by atoms with van der Waals surface area (Å²) in [6.45, 7) is 6.67. The van der Waals surface area contributed by atoms with Gasteiger partial charge in [0.05, 0.1) is 0 Å². The summed E-state index contributed by atoms with van der Waals surface area (Å²) in [6, 6.07) is 4.39. The lowest BCUT2D eigenvalue weighted by Crippen LogP contribution is -2.52. The van der Waals surface area contributed by atoms with E-state index in [0.29, 0.717) is 5.41 Å². The second-order valence-electron chi connectivity index (χ2n) is 7.38. The van der Waals surface area contributed by atoms with Crippen LogP contribution in [0.2, 0.25) is 0 Å². The van der Waals surface area contributed by atoms with Crippen LogP contribution in [0.5, 0.6) is 0 Å². The number of guanidine groups is 1. The number of aliphatic imine (C=N–C) groups is 1. The van der Waals surface area contributed by atoms with Crippen LogP contribution in [-0.4, -0.2) is 55.5 Å². The first kappa shape index (κ1) is 15.5. The van der Waals surface area contributed by atoms with Gasteiger partial charge in [0, 0.05) is 51.2 Å². The van der Waals surface area contributed by atoms with Crippen molar-refractivity contribution >= 4 is 17.3 Å². The van der Waals surface area contributed by atoms with E-state index in [9.17, 15) is 0 Å². The highest BCUT2D eigenvalue weighted by molar-refractivity contribution is 7.09. The lowest BCUT2D eigenvalue weighted by molar-refractivity contribution is 0.173. The number of thiophene rings is 1. The molecule has 1 aliphatic heterocycles. The summed E-state index contributed by atoms with van der Waals surface area (Å²) >= 11 is 1.86. The summed E-state index contributed by atoms with van der Waals surface area (Å²) in [4.78, 5) is 11.0. The van der Waals surface area contributed by atoms with Crippen LogP contribution in [0.15, 0.2) is 22.5 Å². The molecule has 1 aromatic rings. The normalized spacial score (nSPS) is 24.7. The number of nitrogens with one attached hydrogen (secondary N) is 1. The molecule has 23 heavy (non-hydrogen) atoms. The predicted octanol–water partition coefficient (Wildman–Crippen LogP) is 2.63. The van der Waals surface area contributed by atoms with Crippen LogP contribution in [0, 0.1) is 11.3 Å². The molecule has 1 aromatic heterocycles. The van der Waals surface area contributed by atoms with Crippen LogP contribution in [0.3, 0.4) is 0 Å². The number of piperazine rings is 1. The largest absolute Gasteiger partial charge is 0.356 e. The highest BCUT2D eigenvalue weighted by atomic mass is 32.1. The van der Waals surface area contributed by atoms with Gasteiger partial charge in [0.1, 0.15) is 0 Å². The molecular weight excluding hydrogens is 304 g/mol. The van der Waals surface area contributed by atoms with E-state index in [1.54, 1.807) is 0 Å². The van der Waals surface area contributed by atoms with Gasteiger partial charge in [-0.2, -0.15) is 0 Å². The van der Waals surface area contributed by atoms with Gasteiger partial charge in [-0.05, 0) is 48.5 Å². The van der Waals surface area contributed by atoms with Crippen molar-refractivity contribution in [1.82, 2.24) is 15.1 Å². The Bertz CT molecular complexity index is 537. The highest BCUT2D eigenvalue weighted by Crippen LogP contribution is 2.60. The van der Waals surface area contributed by atoms with Crippen molar-refractivity contribution in [2.45, 2.75) is 32.2 Å². The number of nitrogens with zero attached hydrogens (tertiary/aromatic N) is 3. The number of hydrogen-bond acceptors (Lipinski definition) is 3. The van der Waals surface area contributed by atoms with Gasteiger partial charge < -0.3 is 10.2 Å². The van der Waals surface area contributed by atoms with Crippen LogP contribution in [0.1, 0.15) is 30.6 Å². The van der Waals surface area contributed by atoms with Crippen molar-refractivity contribution < 1.29 is 0 Å². The Morgan fingerprint density at radius 1 is 1.30 bits per heavy atom. The quantitative estimate of drug-likeness (QED) is 0.664. The van der Waals surface area contributed by atoms with Gasteiger partial charge in [0.15, 0.2) is 5.96 Å². The van der Waals surface area contributed by atoms with Crippen LogP contribution in [0.4, 0.5) is 0 Å². The molecule has 2 aliphatic carbocycles. The summed E-state index contributed by atoms with van der Waals surface area (Å²) in [7, 11) is 1.93. The summed E-state index contributed by atoms with van der Waals surface area (Å²) in [6.07, 6.45) is 5.77. The molecule has 0 bridgehead atoms. The van der Waals surface area contributed by atoms with Crippen molar-refractivity contribution in [3.05, 3.63) is 22.4 Å². The molecule has 0 amide bonds. The molecule has 0 aromatic carbocycles. The zero-order chi connectivity index (χ0) is 15.7. The van der Waals surface area contributed by atoms with Gasteiger partial charge in [-0.1, -0.05) is 6.07 Å². The fourth-order valence-corrected chi connectivity index (χ4v) is 4.66. The standard InChI is InChI=1S/C18H28N4S/c1-19-17(20-14-18(6-7-18)15-4-5-15)22-10-8-21(9-11-22)13-16-3-2-12-23-16/h2-3,12,15H,4-11,13-14H2,1H3,(H,19,20). The Morgan fingerprint density at radius 3 is 2.65 bits per heavy atom. The van der Waals surface area contributed by atoms with Gasteiger partial charge in [0.2, 0.25) is 0 Å². The second kappa shape index (κ2) is 6.44. The fourth-order valence-electron chi connectivity index (χ4n) is 3.91. The molecule has 1 N–H and O–H groups in total. The summed E-state index contributed by atoms with van der Waals surface area (Å²) in [5.41, 5.74) is 0.636. The molecule has 2 saturated carbocycles. The van der Waals surface area contributed by atoms with E-state index in [1.807, 2.05) is 18.4 Å². The van der Waals surface area contributed by atoms with Gasteiger partial charge in [-0.15, -0.1) is 11.3 Å². The molecule has 1 saturated heterocycles. The van der Waals surface area contributed by atoms with Crippen molar-refractivity contribution in [2.24, 2.45) is 16.3 Å². The van der Waals surface area contributed by atoms with Crippen molar-refractivity contribution in [2.75, 3.05) is 39.8 Å². The zero-order valence-electron chi connectivity index (χ0n) is 14.1. The van der Waals surface area contributed by atoms with Gasteiger partial charge >= 0.3 is 0 Å². The maximum Gasteiger partial charge on any atom is 0.193 e. The third kappa shape index (κ3) is 3.56. The van der Waals surface area contributed by atoms with E-state index in [0.717, 1.165) is 51.1 Å². The summed E-state index contributed by atoms with van der Waals surface area (Å²) in [5.74, 6) is 2.13. The molecule has 126 valence electrons. The van der Waals surface area contributed by atoms with E-state index in [2.05, 4.69) is 37.6 Å². The van der Waals surface area contributed by atoms with E-state index in [4.69, 9.17) is 0 Å². The Morgan fingerprint density at radius 2 is 2.09 bits per heavy atom. The Balaban J connectivity index is 1.25. The van der Waals surface area contributed by atoms with Gasteiger partial charge in [0.25, 0.3) is 0 Å². The molecule has 0 unspecified atom stereocenters. The fraction of sp³-hybridized carbons (Fsp3) is 0.722. The Hall–Kier alpha value is -1.07. The Kier molecular flexibility index (Phi) is 4.33. The van der Waals surface area contributed by atoms with Crippen LogP contribution < -0.4 is 5.32 Å². The first-order valence-corrected chi connectivity index (χ1v) is 9.87. The van der Waals surface area contributed by atoms with Gasteiger partial charge in [-0.3, -0.25) is 9.89 Å². The molecule has 5 heteroatoms. The molecule has 2 heterocycles. The molecule has 0 atom stereocenters. The van der Waals surface area contributed by atoms with E-state index >= 15 is 0 Å². The smallest absolute Gasteiger partial charge is 0.193 e. The maximum absolute atomic E-state index is 4.54.